The van der Waals surface area contributed by atoms with Gasteiger partial charge in [-0.15, -0.1) is 0 Å². The number of halogens is 2. The Hall–Kier alpha value is -1.87. The normalized spacial score (nSPS) is 10.4. The molecule has 0 saturated carbocycles. The molecule has 20 heavy (non-hydrogen) atoms. The van der Waals surface area contributed by atoms with Gasteiger partial charge in [-0.25, -0.2) is 4.39 Å². The Labute approximate surface area is 122 Å². The minimum atomic E-state index is -0.458. The molecular formula is C16H15ClFNO. The number of carbonyl (C=O) groups is 1. The molecule has 2 rings (SSSR count). The lowest BCUT2D eigenvalue weighted by molar-refractivity contribution is 0.0780. The smallest absolute Gasteiger partial charge is 0.256 e. The molecule has 0 unspecified atom stereocenters. The summed E-state index contributed by atoms with van der Waals surface area (Å²) >= 11 is 5.81. The van der Waals surface area contributed by atoms with Gasteiger partial charge in [0, 0.05) is 18.6 Å². The van der Waals surface area contributed by atoms with Crippen molar-refractivity contribution in [2.45, 2.75) is 13.5 Å². The summed E-state index contributed by atoms with van der Waals surface area (Å²) in [7, 11) is 1.65. The van der Waals surface area contributed by atoms with E-state index >= 15 is 0 Å². The average molecular weight is 292 g/mol. The zero-order valence-electron chi connectivity index (χ0n) is 11.4. The maximum absolute atomic E-state index is 13.9. The zero-order chi connectivity index (χ0) is 14.7. The number of rotatable bonds is 3. The average Bonchev–Trinajstić information content (AvgIpc) is 2.43. The topological polar surface area (TPSA) is 20.3 Å². The second kappa shape index (κ2) is 6.06. The fraction of sp³-hybridized carbons (Fsp3) is 0.188. The van der Waals surface area contributed by atoms with Crippen molar-refractivity contribution in [1.82, 2.24) is 4.90 Å². The largest absolute Gasteiger partial charge is 0.337 e. The standard InChI is InChI=1S/C16H15ClFNO/c1-11-4-3-5-14(15(11)18)16(20)19(2)10-12-6-8-13(17)9-7-12/h3-9H,10H2,1-2H3. The minimum Gasteiger partial charge on any atom is -0.337 e. The maximum Gasteiger partial charge on any atom is 0.256 e. The summed E-state index contributed by atoms with van der Waals surface area (Å²) in [6, 6.07) is 12.1. The van der Waals surface area contributed by atoms with Crippen molar-refractivity contribution < 1.29 is 9.18 Å². The molecule has 0 aliphatic carbocycles. The summed E-state index contributed by atoms with van der Waals surface area (Å²) in [6.45, 7) is 2.05. The Morgan fingerprint density at radius 3 is 2.50 bits per heavy atom. The number of benzene rings is 2. The predicted molar refractivity (Wildman–Crippen MR) is 78.4 cm³/mol. The lowest BCUT2D eigenvalue weighted by Gasteiger charge is -2.18. The van der Waals surface area contributed by atoms with Crippen LogP contribution in [0.2, 0.25) is 5.02 Å². The van der Waals surface area contributed by atoms with Gasteiger partial charge in [-0.1, -0.05) is 35.9 Å². The van der Waals surface area contributed by atoms with E-state index in [0.29, 0.717) is 17.1 Å². The van der Waals surface area contributed by atoms with Gasteiger partial charge in [0.2, 0.25) is 0 Å². The number of aryl methyl sites for hydroxylation is 1. The van der Waals surface area contributed by atoms with Crippen LogP contribution in [-0.4, -0.2) is 17.9 Å². The van der Waals surface area contributed by atoms with Crippen LogP contribution in [0.25, 0.3) is 0 Å². The monoisotopic (exact) mass is 291 g/mol. The van der Waals surface area contributed by atoms with Gasteiger partial charge in [-0.05, 0) is 36.2 Å². The van der Waals surface area contributed by atoms with E-state index < -0.39 is 5.82 Å². The highest BCUT2D eigenvalue weighted by Crippen LogP contribution is 2.16. The van der Waals surface area contributed by atoms with E-state index in [-0.39, 0.29) is 11.5 Å². The van der Waals surface area contributed by atoms with Gasteiger partial charge >= 0.3 is 0 Å². The third-order valence-corrected chi connectivity index (χ3v) is 3.35. The molecule has 2 aromatic carbocycles. The molecule has 0 heterocycles. The molecule has 0 radical (unpaired) electrons. The molecule has 0 bridgehead atoms. The van der Waals surface area contributed by atoms with Crippen LogP contribution < -0.4 is 0 Å². The SMILES string of the molecule is Cc1cccc(C(=O)N(C)Cc2ccc(Cl)cc2)c1F. The Balaban J connectivity index is 2.16. The molecular weight excluding hydrogens is 277 g/mol. The first-order valence-corrected chi connectivity index (χ1v) is 6.62. The van der Waals surface area contributed by atoms with E-state index in [2.05, 4.69) is 0 Å². The molecule has 0 fully saturated rings. The van der Waals surface area contributed by atoms with Crippen molar-refractivity contribution in [3.05, 3.63) is 70.0 Å². The van der Waals surface area contributed by atoms with Crippen LogP contribution in [-0.2, 0) is 6.54 Å². The fourth-order valence-corrected chi connectivity index (χ4v) is 2.08. The molecule has 0 saturated heterocycles. The minimum absolute atomic E-state index is 0.0986. The van der Waals surface area contributed by atoms with Gasteiger partial charge in [0.1, 0.15) is 5.82 Å². The Morgan fingerprint density at radius 1 is 1.20 bits per heavy atom. The van der Waals surface area contributed by atoms with Gasteiger partial charge in [-0.3, -0.25) is 4.79 Å². The van der Waals surface area contributed by atoms with Crippen LogP contribution in [0, 0.1) is 12.7 Å². The summed E-state index contributed by atoms with van der Waals surface area (Å²) in [5, 5.41) is 0.646. The van der Waals surface area contributed by atoms with Crippen LogP contribution in [0.4, 0.5) is 4.39 Å². The number of amides is 1. The van der Waals surface area contributed by atoms with E-state index in [1.807, 2.05) is 12.1 Å². The molecule has 0 aromatic heterocycles. The first kappa shape index (κ1) is 14.5. The molecule has 104 valence electrons. The molecule has 4 heteroatoms. The van der Waals surface area contributed by atoms with Crippen molar-refractivity contribution in [3.8, 4) is 0 Å². The molecule has 2 nitrogen and oxygen atoms in total. The molecule has 0 aliphatic rings. The van der Waals surface area contributed by atoms with Gasteiger partial charge in [0.05, 0.1) is 5.56 Å². The van der Waals surface area contributed by atoms with Crippen molar-refractivity contribution in [2.24, 2.45) is 0 Å². The van der Waals surface area contributed by atoms with E-state index in [9.17, 15) is 9.18 Å². The highest BCUT2D eigenvalue weighted by atomic mass is 35.5. The van der Waals surface area contributed by atoms with Crippen LogP contribution in [0.5, 0.6) is 0 Å². The van der Waals surface area contributed by atoms with Gasteiger partial charge < -0.3 is 4.90 Å². The van der Waals surface area contributed by atoms with E-state index in [1.54, 1.807) is 38.2 Å². The highest BCUT2D eigenvalue weighted by molar-refractivity contribution is 6.30. The highest BCUT2D eigenvalue weighted by Gasteiger charge is 2.17. The number of hydrogen-bond acceptors (Lipinski definition) is 1. The maximum atomic E-state index is 13.9. The third kappa shape index (κ3) is 3.17. The van der Waals surface area contributed by atoms with Crippen LogP contribution >= 0.6 is 11.6 Å². The molecule has 0 aliphatic heterocycles. The van der Waals surface area contributed by atoms with Crippen LogP contribution in [0.15, 0.2) is 42.5 Å². The van der Waals surface area contributed by atoms with Crippen LogP contribution in [0.3, 0.4) is 0 Å². The number of hydrogen-bond donors (Lipinski definition) is 0. The fourth-order valence-electron chi connectivity index (χ4n) is 1.95. The van der Waals surface area contributed by atoms with Crippen LogP contribution in [0.1, 0.15) is 21.5 Å². The van der Waals surface area contributed by atoms with Crippen molar-refractivity contribution in [1.29, 1.82) is 0 Å². The summed E-state index contributed by atoms with van der Waals surface area (Å²) in [5.41, 5.74) is 1.51. The van der Waals surface area contributed by atoms with Crippen molar-refractivity contribution in [3.63, 3.8) is 0 Å². The zero-order valence-corrected chi connectivity index (χ0v) is 12.1. The predicted octanol–water partition coefficient (Wildman–Crippen LogP) is 4.06. The third-order valence-electron chi connectivity index (χ3n) is 3.10. The summed E-state index contributed by atoms with van der Waals surface area (Å²) in [5.74, 6) is -0.790. The number of carbonyl (C=O) groups excluding carboxylic acids is 1. The summed E-state index contributed by atoms with van der Waals surface area (Å²) < 4.78 is 13.9. The summed E-state index contributed by atoms with van der Waals surface area (Å²) in [4.78, 5) is 13.7. The van der Waals surface area contributed by atoms with Crippen molar-refractivity contribution in [2.75, 3.05) is 7.05 Å². The summed E-state index contributed by atoms with van der Waals surface area (Å²) in [6.07, 6.45) is 0. The Kier molecular flexibility index (Phi) is 4.40. The molecule has 0 N–H and O–H groups in total. The first-order chi connectivity index (χ1) is 9.49. The first-order valence-electron chi connectivity index (χ1n) is 6.24. The lowest BCUT2D eigenvalue weighted by atomic mass is 10.1. The molecule has 1 amide bonds. The lowest BCUT2D eigenvalue weighted by Crippen LogP contribution is -2.27. The second-order valence-electron chi connectivity index (χ2n) is 4.72. The van der Waals surface area contributed by atoms with Gasteiger partial charge in [-0.2, -0.15) is 0 Å². The van der Waals surface area contributed by atoms with Gasteiger partial charge in [0.25, 0.3) is 5.91 Å². The van der Waals surface area contributed by atoms with Gasteiger partial charge in [0.15, 0.2) is 0 Å². The quantitative estimate of drug-likeness (QED) is 0.835. The molecule has 0 spiro atoms. The van der Waals surface area contributed by atoms with E-state index in [1.165, 1.54) is 11.0 Å². The Morgan fingerprint density at radius 2 is 1.85 bits per heavy atom. The van der Waals surface area contributed by atoms with E-state index in [0.717, 1.165) is 5.56 Å². The van der Waals surface area contributed by atoms with E-state index in [4.69, 9.17) is 11.6 Å². The molecule has 0 atom stereocenters. The number of nitrogens with zero attached hydrogens (tertiary/aromatic N) is 1. The Bertz CT molecular complexity index is 625. The van der Waals surface area contributed by atoms with Crippen molar-refractivity contribution >= 4 is 17.5 Å². The second-order valence-corrected chi connectivity index (χ2v) is 5.16. The molecule has 2 aromatic rings.